The summed E-state index contributed by atoms with van der Waals surface area (Å²) in [6, 6.07) is 0. The van der Waals surface area contributed by atoms with Gasteiger partial charge in [-0.3, -0.25) is 4.79 Å². The first-order chi connectivity index (χ1) is 4.00. The van der Waals surface area contributed by atoms with Gasteiger partial charge < -0.3 is 20.2 Å². The van der Waals surface area contributed by atoms with Crippen LogP contribution in [-0.2, 0) is 4.79 Å². The molecule has 0 aliphatic rings. The number of hydrogen-bond donors (Lipinski definition) is 0. The summed E-state index contributed by atoms with van der Waals surface area (Å²) in [6.07, 6.45) is 0.750. The summed E-state index contributed by atoms with van der Waals surface area (Å²) in [4.78, 5) is 19.1. The molecule has 0 saturated heterocycles. The van der Waals surface area contributed by atoms with Gasteiger partial charge in [-0.25, -0.2) is 0 Å². The second-order valence-corrected chi connectivity index (χ2v) is 1.29. The molecule has 0 rings (SSSR count). The van der Waals surface area contributed by atoms with E-state index in [1.165, 1.54) is 4.90 Å². The SMILES string of the molecule is CN(C)C=O.O=[N+]([O-])[O-].[Li+]. The molecule has 0 aromatic rings. The van der Waals surface area contributed by atoms with Gasteiger partial charge in [-0.1, -0.05) is 0 Å². The Labute approximate surface area is 70.1 Å². The molecule has 0 heterocycles. The van der Waals surface area contributed by atoms with E-state index in [1.807, 2.05) is 0 Å². The fourth-order valence-corrected chi connectivity index (χ4v) is 0. The fraction of sp³-hybridized carbons (Fsp3) is 0.667. The van der Waals surface area contributed by atoms with E-state index in [-0.39, 0.29) is 18.9 Å². The third kappa shape index (κ3) is 178. The van der Waals surface area contributed by atoms with Crippen molar-refractivity contribution in [1.29, 1.82) is 0 Å². The Bertz CT molecular complexity index is 92.5. The van der Waals surface area contributed by atoms with Gasteiger partial charge in [0.15, 0.2) is 0 Å². The average molecular weight is 142 g/mol. The standard InChI is InChI=1S/C3H7NO.Li.NO3/c1-4(2)3-5;;2-1(3)4/h3H,1-2H3;;/q;+1;-1. The molecule has 1 amide bonds. The number of amides is 1. The molecule has 0 saturated carbocycles. The van der Waals surface area contributed by atoms with E-state index in [1.54, 1.807) is 14.1 Å². The van der Waals surface area contributed by atoms with Gasteiger partial charge in [0.1, 0.15) is 0 Å². The minimum absolute atomic E-state index is 0. The van der Waals surface area contributed by atoms with E-state index >= 15 is 0 Å². The predicted octanol–water partition coefficient (Wildman–Crippen LogP) is -3.53. The molecule has 54 valence electrons. The summed E-state index contributed by atoms with van der Waals surface area (Å²) in [7, 11) is 3.38. The summed E-state index contributed by atoms with van der Waals surface area (Å²) in [5.41, 5.74) is 0. The van der Waals surface area contributed by atoms with Gasteiger partial charge in [-0.15, -0.1) is 0 Å². The van der Waals surface area contributed by atoms with Crippen LogP contribution in [0.3, 0.4) is 0 Å². The summed E-state index contributed by atoms with van der Waals surface area (Å²) in [5, 5.41) is 14.8. The molecule has 0 aromatic carbocycles. The van der Waals surface area contributed by atoms with Gasteiger partial charge in [0.2, 0.25) is 6.41 Å². The molecular formula is C3H7LiN2O4. The van der Waals surface area contributed by atoms with Crippen LogP contribution >= 0.6 is 0 Å². The maximum atomic E-state index is 9.43. The van der Waals surface area contributed by atoms with Crippen LogP contribution in [-0.4, -0.2) is 30.5 Å². The molecule has 0 N–H and O–H groups in total. The van der Waals surface area contributed by atoms with Crippen molar-refractivity contribution in [2.24, 2.45) is 0 Å². The largest absolute Gasteiger partial charge is 1.00 e. The van der Waals surface area contributed by atoms with Crippen LogP contribution in [0.5, 0.6) is 0 Å². The van der Waals surface area contributed by atoms with Gasteiger partial charge >= 0.3 is 18.9 Å². The van der Waals surface area contributed by atoms with Crippen LogP contribution in [0.25, 0.3) is 0 Å². The van der Waals surface area contributed by atoms with Crippen LogP contribution in [0.1, 0.15) is 0 Å². The first kappa shape index (κ1) is 16.1. The molecule has 0 aliphatic heterocycles. The molecule has 0 aliphatic carbocycles. The zero-order chi connectivity index (χ0) is 7.86. The smallest absolute Gasteiger partial charge is 0.356 e. The average Bonchev–Trinajstić information content (AvgIpc) is 1.65. The summed E-state index contributed by atoms with van der Waals surface area (Å²) >= 11 is 0. The van der Waals surface area contributed by atoms with Crippen molar-refractivity contribution < 1.29 is 28.7 Å². The van der Waals surface area contributed by atoms with Crippen LogP contribution in [0.2, 0.25) is 0 Å². The Morgan fingerprint density at radius 3 is 1.50 bits per heavy atom. The monoisotopic (exact) mass is 142 g/mol. The number of rotatable bonds is 1. The molecule has 0 radical (unpaired) electrons. The number of carbonyl (C=O) groups excluding carboxylic acids is 1. The van der Waals surface area contributed by atoms with Crippen LogP contribution in [0.4, 0.5) is 0 Å². The normalized spacial score (nSPS) is 5.80. The predicted molar refractivity (Wildman–Crippen MR) is 30.1 cm³/mol. The number of nitrogens with zero attached hydrogens (tertiary/aromatic N) is 2. The van der Waals surface area contributed by atoms with Crippen LogP contribution in [0, 0.1) is 15.3 Å². The molecule has 0 fully saturated rings. The van der Waals surface area contributed by atoms with Crippen LogP contribution < -0.4 is 18.9 Å². The van der Waals surface area contributed by atoms with Crippen molar-refractivity contribution >= 4 is 6.41 Å². The molecule has 0 bridgehead atoms. The van der Waals surface area contributed by atoms with Gasteiger partial charge in [-0.2, -0.15) is 0 Å². The molecule has 10 heavy (non-hydrogen) atoms. The maximum Gasteiger partial charge on any atom is 1.00 e. The van der Waals surface area contributed by atoms with E-state index in [9.17, 15) is 4.79 Å². The molecule has 6 nitrogen and oxygen atoms in total. The third-order valence-electron chi connectivity index (χ3n) is 0.211. The molecule has 0 unspecified atom stereocenters. The first-order valence-electron chi connectivity index (χ1n) is 1.94. The van der Waals surface area contributed by atoms with E-state index in [2.05, 4.69) is 0 Å². The summed E-state index contributed by atoms with van der Waals surface area (Å²) in [6.45, 7) is 0. The van der Waals surface area contributed by atoms with Gasteiger partial charge in [-0.05, 0) is 0 Å². The van der Waals surface area contributed by atoms with Crippen molar-refractivity contribution in [1.82, 2.24) is 4.90 Å². The zero-order valence-electron chi connectivity index (χ0n) is 6.10. The van der Waals surface area contributed by atoms with E-state index < -0.39 is 5.09 Å². The first-order valence-corrected chi connectivity index (χ1v) is 1.94. The minimum Gasteiger partial charge on any atom is -0.356 e. The number of hydrogen-bond acceptors (Lipinski definition) is 4. The van der Waals surface area contributed by atoms with Gasteiger partial charge in [0.05, 0.1) is 5.09 Å². The van der Waals surface area contributed by atoms with Crippen molar-refractivity contribution in [2.45, 2.75) is 0 Å². The second kappa shape index (κ2) is 11.1. The zero-order valence-corrected chi connectivity index (χ0v) is 6.10. The maximum absolute atomic E-state index is 9.43. The van der Waals surface area contributed by atoms with Crippen molar-refractivity contribution in [2.75, 3.05) is 14.1 Å². The molecule has 7 heteroatoms. The van der Waals surface area contributed by atoms with E-state index in [0.717, 1.165) is 6.41 Å². The van der Waals surface area contributed by atoms with E-state index in [4.69, 9.17) is 15.3 Å². The van der Waals surface area contributed by atoms with Gasteiger partial charge in [0, 0.05) is 14.1 Å². The Hall–Kier alpha value is -0.733. The second-order valence-electron chi connectivity index (χ2n) is 1.29. The Balaban J connectivity index is -0.0000000910. The van der Waals surface area contributed by atoms with Crippen molar-refractivity contribution in [3.63, 3.8) is 0 Å². The minimum atomic E-state index is -1.75. The molecular weight excluding hydrogens is 135 g/mol. The fourth-order valence-electron chi connectivity index (χ4n) is 0. The number of carbonyl (C=O) groups is 1. The van der Waals surface area contributed by atoms with E-state index in [0.29, 0.717) is 0 Å². The Morgan fingerprint density at radius 2 is 1.50 bits per heavy atom. The summed E-state index contributed by atoms with van der Waals surface area (Å²) < 4.78 is 0. The van der Waals surface area contributed by atoms with Crippen molar-refractivity contribution in [3.8, 4) is 0 Å². The molecule has 0 aromatic heterocycles. The Kier molecular flexibility index (Phi) is 17.9. The molecule has 0 atom stereocenters. The third-order valence-corrected chi connectivity index (χ3v) is 0.211. The van der Waals surface area contributed by atoms with Gasteiger partial charge in [0.25, 0.3) is 0 Å². The van der Waals surface area contributed by atoms with Crippen LogP contribution in [0.15, 0.2) is 0 Å². The molecule has 0 spiro atoms. The topological polar surface area (TPSA) is 86.5 Å². The summed E-state index contributed by atoms with van der Waals surface area (Å²) in [5.74, 6) is 0. The Morgan fingerprint density at radius 1 is 1.40 bits per heavy atom. The quantitative estimate of drug-likeness (QED) is 0.164. The van der Waals surface area contributed by atoms with Crippen molar-refractivity contribution in [3.05, 3.63) is 15.3 Å².